The van der Waals surface area contributed by atoms with Crippen LogP contribution in [0.1, 0.15) is 6.42 Å². The van der Waals surface area contributed by atoms with Gasteiger partial charge in [0, 0.05) is 22.5 Å². The Kier molecular flexibility index (Phi) is 5.04. The van der Waals surface area contributed by atoms with Crippen LogP contribution in [0, 0.1) is 0 Å². The third kappa shape index (κ3) is 3.65. The lowest BCUT2D eigenvalue weighted by Gasteiger charge is -2.28. The van der Waals surface area contributed by atoms with Crippen LogP contribution >= 0.6 is 8.25 Å². The number of aliphatic hydroxyl groups excluding tert-OH is 2. The highest BCUT2D eigenvalue weighted by Crippen LogP contribution is 2.29. The molecule has 5 N–H and O–H groups in total. The van der Waals surface area contributed by atoms with Gasteiger partial charge in [-0.05, 0) is 6.42 Å². The Labute approximate surface area is 121 Å². The zero-order valence-corrected chi connectivity index (χ0v) is 11.8. The second-order valence-electron chi connectivity index (χ2n) is 4.63. The largest absolute Gasteiger partial charge is 0.694 e. The topological polar surface area (TPSA) is 143 Å². The van der Waals surface area contributed by atoms with Gasteiger partial charge in [-0.1, -0.05) is 6.08 Å². The number of primary amides is 1. The van der Waals surface area contributed by atoms with E-state index in [2.05, 4.69) is 4.52 Å². The molecule has 2 aliphatic heterocycles. The molecule has 9 nitrogen and oxygen atoms in total. The molecule has 2 aliphatic rings. The molecule has 2 rings (SSSR count). The summed E-state index contributed by atoms with van der Waals surface area (Å²) < 4.78 is 20.4. The van der Waals surface area contributed by atoms with Crippen LogP contribution in [0.15, 0.2) is 24.0 Å². The molecule has 0 aromatic carbocycles. The van der Waals surface area contributed by atoms with E-state index in [9.17, 15) is 19.6 Å². The molecule has 1 fully saturated rings. The zero-order chi connectivity index (χ0) is 15.6. The first-order chi connectivity index (χ1) is 9.90. The first kappa shape index (κ1) is 16.0. The minimum Gasteiger partial charge on any atom is -0.387 e. The van der Waals surface area contributed by atoms with Crippen molar-refractivity contribution in [2.24, 2.45) is 5.73 Å². The summed E-state index contributed by atoms with van der Waals surface area (Å²) >= 11 is 0. The van der Waals surface area contributed by atoms with Crippen molar-refractivity contribution in [3.05, 3.63) is 24.0 Å². The molecular weight excluding hydrogens is 303 g/mol. The Hall–Kier alpha value is -1.35. The first-order valence-electron chi connectivity index (χ1n) is 6.15. The quantitative estimate of drug-likeness (QED) is 0.457. The average Bonchev–Trinajstić information content (AvgIpc) is 2.73. The molecule has 1 amide bonds. The lowest BCUT2D eigenvalue weighted by atomic mass is 10.1. The second kappa shape index (κ2) is 6.61. The molecule has 0 aliphatic carbocycles. The summed E-state index contributed by atoms with van der Waals surface area (Å²) in [4.78, 5) is 21.2. The molecule has 0 aromatic rings. The third-order valence-corrected chi connectivity index (χ3v) is 3.59. The summed E-state index contributed by atoms with van der Waals surface area (Å²) in [6, 6.07) is 0. The first-order valence-corrected chi connectivity index (χ1v) is 7.28. The molecule has 0 radical (unpaired) electrons. The summed E-state index contributed by atoms with van der Waals surface area (Å²) in [6.07, 6.45) is 0.578. The molecule has 3 unspecified atom stereocenters. The lowest BCUT2D eigenvalue weighted by molar-refractivity contribution is -0.114. The van der Waals surface area contributed by atoms with Crippen LogP contribution in [0.4, 0.5) is 0 Å². The Morgan fingerprint density at radius 2 is 2.24 bits per heavy atom. The van der Waals surface area contributed by atoms with Crippen molar-refractivity contribution in [1.82, 2.24) is 4.90 Å². The SMILES string of the molecule is NC(=O)C1=CN([C@@H]2O[C@H](CO[P+](=O)O)C(O)C2O)C=CC1. The monoisotopic (exact) mass is 319 g/mol. The van der Waals surface area contributed by atoms with E-state index in [0.29, 0.717) is 12.0 Å². The van der Waals surface area contributed by atoms with E-state index in [0.717, 1.165) is 0 Å². The molecule has 0 saturated carbocycles. The van der Waals surface area contributed by atoms with Crippen molar-refractivity contribution < 1.29 is 33.7 Å². The highest BCUT2D eigenvalue weighted by Gasteiger charge is 2.46. The number of carbonyl (C=O) groups is 1. The summed E-state index contributed by atoms with van der Waals surface area (Å²) in [5.74, 6) is -0.588. The Bertz CT molecular complexity index is 495. The molecule has 10 heteroatoms. The highest BCUT2D eigenvalue weighted by molar-refractivity contribution is 7.32. The standard InChI is InChI=1S/C11H15N2O7P/c12-10(16)6-2-1-3-13(4-6)11-9(15)8(14)7(20-11)5-19-21(17)18/h1,3-4,7-9,11,14-15H,2,5H2,(H2-,12,16,17,18)/p+1/t7-,8?,9?,11-/m1/s1. The number of amides is 1. The highest BCUT2D eigenvalue weighted by atomic mass is 31.1. The molecule has 5 atom stereocenters. The van der Waals surface area contributed by atoms with Crippen molar-refractivity contribution in [2.45, 2.75) is 31.0 Å². The van der Waals surface area contributed by atoms with Crippen LogP contribution in [0.2, 0.25) is 0 Å². The number of nitrogens with zero attached hydrogens (tertiary/aromatic N) is 1. The fourth-order valence-electron chi connectivity index (χ4n) is 2.15. The molecule has 1 saturated heterocycles. The fraction of sp³-hybridized carbons (Fsp3) is 0.545. The van der Waals surface area contributed by atoms with Gasteiger partial charge < -0.3 is 25.6 Å². The van der Waals surface area contributed by atoms with E-state index in [-0.39, 0.29) is 6.61 Å². The Morgan fingerprint density at radius 1 is 1.52 bits per heavy atom. The third-order valence-electron chi connectivity index (χ3n) is 3.22. The number of hydrogen-bond donors (Lipinski definition) is 4. The van der Waals surface area contributed by atoms with Gasteiger partial charge >= 0.3 is 8.25 Å². The number of allylic oxidation sites excluding steroid dienone is 1. The van der Waals surface area contributed by atoms with Crippen molar-refractivity contribution in [1.29, 1.82) is 0 Å². The van der Waals surface area contributed by atoms with Crippen molar-refractivity contribution in [2.75, 3.05) is 6.61 Å². The number of ether oxygens (including phenoxy) is 1. The van der Waals surface area contributed by atoms with E-state index < -0.39 is 38.7 Å². The smallest absolute Gasteiger partial charge is 0.387 e. The molecule has 2 heterocycles. The molecule has 21 heavy (non-hydrogen) atoms. The maximum Gasteiger partial charge on any atom is 0.694 e. The van der Waals surface area contributed by atoms with E-state index in [1.165, 1.54) is 11.1 Å². The predicted molar refractivity (Wildman–Crippen MR) is 69.3 cm³/mol. The van der Waals surface area contributed by atoms with E-state index in [1.807, 2.05) is 0 Å². The minimum atomic E-state index is -2.82. The normalized spacial score (nSPS) is 33.0. The van der Waals surface area contributed by atoms with Crippen molar-refractivity contribution >= 4 is 14.2 Å². The zero-order valence-electron chi connectivity index (χ0n) is 10.9. The van der Waals surface area contributed by atoms with Crippen LogP contribution in [0.5, 0.6) is 0 Å². The van der Waals surface area contributed by atoms with Gasteiger partial charge in [-0.25, -0.2) is 0 Å². The van der Waals surface area contributed by atoms with E-state index >= 15 is 0 Å². The van der Waals surface area contributed by atoms with Gasteiger partial charge in [0.1, 0.15) is 24.9 Å². The lowest BCUT2D eigenvalue weighted by Crippen LogP contribution is -2.40. The van der Waals surface area contributed by atoms with Crippen LogP contribution in [-0.2, 0) is 18.6 Å². The van der Waals surface area contributed by atoms with Gasteiger partial charge in [-0.3, -0.25) is 4.79 Å². The van der Waals surface area contributed by atoms with Gasteiger partial charge in [0.25, 0.3) is 0 Å². The minimum absolute atomic E-state index is 0.334. The van der Waals surface area contributed by atoms with Crippen LogP contribution in [0.25, 0.3) is 0 Å². The summed E-state index contributed by atoms with van der Waals surface area (Å²) in [5, 5.41) is 19.8. The number of rotatable bonds is 5. The average molecular weight is 319 g/mol. The van der Waals surface area contributed by atoms with Crippen LogP contribution in [-0.4, -0.2) is 57.1 Å². The maximum absolute atomic E-state index is 11.2. The van der Waals surface area contributed by atoms with Gasteiger partial charge in [-0.15, -0.1) is 9.42 Å². The molecule has 0 spiro atoms. The maximum atomic E-state index is 11.2. The summed E-state index contributed by atoms with van der Waals surface area (Å²) in [7, 11) is -2.82. The summed E-state index contributed by atoms with van der Waals surface area (Å²) in [5.41, 5.74) is 5.53. The second-order valence-corrected chi connectivity index (χ2v) is 5.37. The number of aliphatic hydroxyl groups is 2. The van der Waals surface area contributed by atoms with Crippen molar-refractivity contribution in [3.63, 3.8) is 0 Å². The Morgan fingerprint density at radius 3 is 2.86 bits per heavy atom. The van der Waals surface area contributed by atoms with Gasteiger partial charge in [-0.2, -0.15) is 0 Å². The predicted octanol–water partition coefficient (Wildman–Crippen LogP) is -1.31. The number of carbonyl (C=O) groups excluding carboxylic acids is 1. The van der Waals surface area contributed by atoms with Crippen LogP contribution < -0.4 is 5.73 Å². The Balaban J connectivity index is 2.06. The van der Waals surface area contributed by atoms with Gasteiger partial charge in [0.05, 0.1) is 0 Å². The van der Waals surface area contributed by atoms with E-state index in [1.54, 1.807) is 12.3 Å². The molecule has 116 valence electrons. The fourth-order valence-corrected chi connectivity index (χ4v) is 2.42. The number of nitrogens with two attached hydrogens (primary N) is 1. The van der Waals surface area contributed by atoms with E-state index in [4.69, 9.17) is 15.4 Å². The number of hydrogen-bond acceptors (Lipinski definition) is 7. The van der Waals surface area contributed by atoms with Gasteiger partial charge in [0.15, 0.2) is 6.23 Å². The molecule has 0 bridgehead atoms. The van der Waals surface area contributed by atoms with Gasteiger partial charge in [0.2, 0.25) is 5.91 Å². The molecular formula is C11H16N2O7P+. The van der Waals surface area contributed by atoms with Crippen LogP contribution in [0.3, 0.4) is 0 Å². The summed E-state index contributed by atoms with van der Waals surface area (Å²) in [6.45, 7) is -0.343. The van der Waals surface area contributed by atoms with Crippen molar-refractivity contribution in [3.8, 4) is 0 Å². The molecule has 0 aromatic heterocycles.